The fourth-order valence-electron chi connectivity index (χ4n) is 1.70. The van der Waals surface area contributed by atoms with E-state index in [-0.39, 0.29) is 0 Å². The predicted octanol–water partition coefficient (Wildman–Crippen LogP) is 1.20. The Kier molecular flexibility index (Phi) is 10.2. The molecule has 0 aliphatic rings. The predicted molar refractivity (Wildman–Crippen MR) is 93.2 cm³/mol. The minimum absolute atomic E-state index is 0.295. The Labute approximate surface area is 142 Å². The quantitative estimate of drug-likeness (QED) is 0.444. The van der Waals surface area contributed by atoms with Gasteiger partial charge in [-0.2, -0.15) is 4.83 Å². The van der Waals surface area contributed by atoms with E-state index < -0.39 is 22.5 Å². The van der Waals surface area contributed by atoms with E-state index in [1.165, 1.54) is 14.2 Å². The van der Waals surface area contributed by atoms with E-state index in [4.69, 9.17) is 0 Å². The van der Waals surface area contributed by atoms with Crippen LogP contribution in [0.5, 0.6) is 5.75 Å². The molecular weight excluding hydrogens is 342 g/mol. The van der Waals surface area contributed by atoms with Gasteiger partial charge in [-0.3, -0.25) is 13.1 Å². The molecule has 1 rings (SSSR count). The van der Waals surface area contributed by atoms with E-state index in [1.807, 2.05) is 27.7 Å². The lowest BCUT2D eigenvalue weighted by Crippen LogP contribution is -2.29. The Morgan fingerprint density at radius 3 is 1.61 bits per heavy atom. The summed E-state index contributed by atoms with van der Waals surface area (Å²) in [7, 11) is 4.32. The topological polar surface area (TPSA) is 109 Å². The van der Waals surface area contributed by atoms with E-state index in [1.54, 1.807) is 7.05 Å². The summed E-state index contributed by atoms with van der Waals surface area (Å²) in [5.74, 6) is 0.295. The highest BCUT2D eigenvalue weighted by molar-refractivity contribution is 7.81. The van der Waals surface area contributed by atoms with Crippen LogP contribution in [-0.4, -0.2) is 34.8 Å². The number of phenolic OH excluding ortho intramolecular Hbond substituents is 1. The third kappa shape index (κ3) is 6.53. The zero-order valence-corrected chi connectivity index (χ0v) is 16.0. The molecular formula is C13H25N3O5S2. The van der Waals surface area contributed by atoms with Crippen molar-refractivity contribution >= 4 is 28.2 Å². The Bertz CT molecular complexity index is 552. The van der Waals surface area contributed by atoms with Crippen LogP contribution in [0.1, 0.15) is 22.3 Å². The first kappa shape index (κ1) is 22.0. The third-order valence-corrected chi connectivity index (χ3v) is 4.61. The van der Waals surface area contributed by atoms with Gasteiger partial charge in [0.05, 0.1) is 19.9 Å². The number of hydrazine groups is 1. The molecule has 0 amide bonds. The Hall–Kier alpha value is -1.04. The molecule has 2 atom stereocenters. The Morgan fingerprint density at radius 2 is 1.30 bits per heavy atom. The summed E-state index contributed by atoms with van der Waals surface area (Å²) < 4.78 is 33.2. The highest BCUT2D eigenvalue weighted by Crippen LogP contribution is 2.34. The maximum Gasteiger partial charge on any atom is 0.261 e. The Balaban J connectivity index is 0.000000585. The molecule has 0 aliphatic carbocycles. The molecule has 0 radical (unpaired) electrons. The number of nitrogens with one attached hydrogen (secondary N) is 3. The number of benzene rings is 1. The highest BCUT2D eigenvalue weighted by Gasteiger charge is 2.15. The maximum absolute atomic E-state index is 11.3. The smallest absolute Gasteiger partial charge is 0.261 e. The van der Waals surface area contributed by atoms with Gasteiger partial charge in [-0.15, -0.1) is 0 Å². The molecule has 0 heterocycles. The summed E-state index contributed by atoms with van der Waals surface area (Å²) in [5, 5.41) is 9.85. The second kappa shape index (κ2) is 10.7. The van der Waals surface area contributed by atoms with Crippen molar-refractivity contribution in [3.63, 3.8) is 0 Å². The molecule has 0 saturated carbocycles. The number of aromatic hydroxyl groups is 1. The molecule has 10 heteroatoms. The summed E-state index contributed by atoms with van der Waals surface area (Å²) in [6, 6.07) is 0. The molecule has 0 fully saturated rings. The molecule has 0 spiro atoms. The van der Waals surface area contributed by atoms with Crippen LogP contribution in [0.15, 0.2) is 0 Å². The van der Waals surface area contributed by atoms with E-state index in [0.717, 1.165) is 27.9 Å². The average Bonchev–Trinajstić information content (AvgIpc) is 2.55. The van der Waals surface area contributed by atoms with Gasteiger partial charge in [0.15, 0.2) is 0 Å². The molecule has 0 bridgehead atoms. The van der Waals surface area contributed by atoms with Gasteiger partial charge < -0.3 is 5.11 Å². The van der Waals surface area contributed by atoms with Crippen molar-refractivity contribution < 1.29 is 21.9 Å². The van der Waals surface area contributed by atoms with Gasteiger partial charge in [-0.05, 0) is 57.0 Å². The molecule has 4 N–H and O–H groups in total. The highest BCUT2D eigenvalue weighted by atomic mass is 32.2. The number of hydrogen-bond acceptors (Lipinski definition) is 6. The monoisotopic (exact) mass is 367 g/mol. The van der Waals surface area contributed by atoms with Crippen molar-refractivity contribution in [3.8, 4) is 5.75 Å². The van der Waals surface area contributed by atoms with Crippen molar-refractivity contribution in [1.82, 2.24) is 10.3 Å². The normalized spacial score (nSPS) is 13.0. The van der Waals surface area contributed by atoms with E-state index >= 15 is 0 Å². The van der Waals surface area contributed by atoms with Crippen LogP contribution in [0.2, 0.25) is 0 Å². The SMILES string of the molecule is CNNS(=O)OC.COS(=O)Nc1c(C)c(C)c(O)c(C)c1C. The first-order chi connectivity index (χ1) is 10.7. The molecule has 134 valence electrons. The molecule has 23 heavy (non-hydrogen) atoms. The van der Waals surface area contributed by atoms with Crippen LogP contribution in [0.25, 0.3) is 0 Å². The lowest BCUT2D eigenvalue weighted by molar-refractivity contribution is 0.431. The molecule has 1 aromatic rings. The van der Waals surface area contributed by atoms with Crippen molar-refractivity contribution in [2.24, 2.45) is 0 Å². The second-order valence-electron chi connectivity index (χ2n) is 4.48. The zero-order chi connectivity index (χ0) is 18.2. The first-order valence-electron chi connectivity index (χ1n) is 6.62. The van der Waals surface area contributed by atoms with Crippen LogP contribution < -0.4 is 15.0 Å². The van der Waals surface area contributed by atoms with Gasteiger partial charge in [-0.25, -0.2) is 13.8 Å². The average molecular weight is 367 g/mol. The van der Waals surface area contributed by atoms with Crippen molar-refractivity contribution in [2.75, 3.05) is 26.0 Å². The number of hydrogen-bond donors (Lipinski definition) is 4. The maximum atomic E-state index is 11.3. The summed E-state index contributed by atoms with van der Waals surface area (Å²) >= 11 is -2.94. The van der Waals surface area contributed by atoms with E-state index in [9.17, 15) is 13.5 Å². The van der Waals surface area contributed by atoms with Gasteiger partial charge in [0.1, 0.15) is 5.75 Å². The van der Waals surface area contributed by atoms with Gasteiger partial charge in [0.25, 0.3) is 11.3 Å². The van der Waals surface area contributed by atoms with Gasteiger partial charge in [0.2, 0.25) is 11.3 Å². The molecule has 0 aromatic heterocycles. The number of rotatable bonds is 6. The fourth-order valence-corrected chi connectivity index (χ4v) is 2.50. The lowest BCUT2D eigenvalue weighted by atomic mass is 9.98. The molecule has 8 nitrogen and oxygen atoms in total. The van der Waals surface area contributed by atoms with Crippen LogP contribution in [-0.2, 0) is 30.9 Å². The van der Waals surface area contributed by atoms with Gasteiger partial charge in [0, 0.05) is 0 Å². The fraction of sp³-hybridized carbons (Fsp3) is 0.538. The molecule has 1 aromatic carbocycles. The molecule has 0 saturated heterocycles. The number of anilines is 1. The molecule has 0 aliphatic heterocycles. The van der Waals surface area contributed by atoms with Crippen molar-refractivity contribution in [1.29, 1.82) is 0 Å². The van der Waals surface area contributed by atoms with Crippen LogP contribution >= 0.6 is 0 Å². The third-order valence-electron chi connectivity index (χ3n) is 3.26. The largest absolute Gasteiger partial charge is 0.507 e. The Morgan fingerprint density at radius 1 is 0.870 bits per heavy atom. The minimum Gasteiger partial charge on any atom is -0.507 e. The first-order valence-corrected chi connectivity index (χ1v) is 8.76. The zero-order valence-electron chi connectivity index (χ0n) is 14.4. The summed E-state index contributed by atoms with van der Waals surface area (Å²) in [4.78, 5) is 2.30. The van der Waals surface area contributed by atoms with Crippen LogP contribution in [0.4, 0.5) is 5.69 Å². The van der Waals surface area contributed by atoms with Crippen LogP contribution in [0.3, 0.4) is 0 Å². The van der Waals surface area contributed by atoms with Crippen LogP contribution in [0, 0.1) is 27.7 Å². The standard InChI is InChI=1S/C11H17NO3S.C2H8N2O2S/c1-6-8(3)11(13)9(4)7(2)10(6)12-16(14)15-5;1-3-4-7(5)6-2/h12-13H,1-5H3;3-4H,1-2H3. The summed E-state index contributed by atoms with van der Waals surface area (Å²) in [5.41, 5.74) is 6.54. The minimum atomic E-state index is -1.55. The number of phenols is 1. The summed E-state index contributed by atoms with van der Waals surface area (Å²) in [6.45, 7) is 7.41. The van der Waals surface area contributed by atoms with E-state index in [0.29, 0.717) is 5.75 Å². The second-order valence-corrected chi connectivity index (χ2v) is 6.49. The van der Waals surface area contributed by atoms with Crippen molar-refractivity contribution in [3.05, 3.63) is 22.3 Å². The lowest BCUT2D eigenvalue weighted by Gasteiger charge is -2.17. The van der Waals surface area contributed by atoms with Gasteiger partial charge >= 0.3 is 0 Å². The summed E-state index contributed by atoms with van der Waals surface area (Å²) in [6.07, 6.45) is 0. The van der Waals surface area contributed by atoms with Crippen molar-refractivity contribution in [2.45, 2.75) is 27.7 Å². The molecule has 2 unspecified atom stereocenters. The van der Waals surface area contributed by atoms with Gasteiger partial charge in [-0.1, -0.05) is 0 Å². The van der Waals surface area contributed by atoms with E-state index in [2.05, 4.69) is 23.3 Å².